The molecule has 8 heteroatoms. The molecule has 1 amide bonds. The van der Waals surface area contributed by atoms with Gasteiger partial charge in [0.1, 0.15) is 12.3 Å². The van der Waals surface area contributed by atoms with Crippen molar-refractivity contribution in [2.24, 2.45) is 0 Å². The lowest BCUT2D eigenvalue weighted by Gasteiger charge is -2.36. The second-order valence-electron chi connectivity index (χ2n) is 7.94. The van der Waals surface area contributed by atoms with Crippen molar-refractivity contribution in [2.75, 3.05) is 38.2 Å². The summed E-state index contributed by atoms with van der Waals surface area (Å²) < 4.78 is 6.49. The maximum atomic E-state index is 12.8. The van der Waals surface area contributed by atoms with Gasteiger partial charge in [0, 0.05) is 49.1 Å². The minimum Gasteiger partial charge on any atom is -0.497 e. The molecule has 0 aliphatic carbocycles. The summed E-state index contributed by atoms with van der Waals surface area (Å²) in [6, 6.07) is 16.2. The van der Waals surface area contributed by atoms with E-state index in [1.54, 1.807) is 18.9 Å². The molecule has 0 N–H and O–H groups in total. The minimum absolute atomic E-state index is 0.0396. The van der Waals surface area contributed by atoms with Crippen molar-refractivity contribution >= 4 is 17.4 Å². The summed E-state index contributed by atoms with van der Waals surface area (Å²) in [7, 11) is 1.60. The molecule has 8 nitrogen and oxygen atoms in total. The third-order valence-corrected chi connectivity index (χ3v) is 5.84. The third kappa shape index (κ3) is 5.11. The van der Waals surface area contributed by atoms with Gasteiger partial charge in [-0.2, -0.15) is 0 Å². The van der Waals surface area contributed by atoms with Crippen LogP contribution in [0.15, 0.2) is 65.7 Å². The van der Waals surface area contributed by atoms with Crippen LogP contribution in [0, 0.1) is 0 Å². The maximum Gasteiger partial charge on any atom is 0.254 e. The molecule has 0 bridgehead atoms. The fourth-order valence-electron chi connectivity index (χ4n) is 3.83. The van der Waals surface area contributed by atoms with Crippen molar-refractivity contribution in [3.8, 4) is 17.0 Å². The lowest BCUT2D eigenvalue weighted by molar-refractivity contribution is -0.132. The van der Waals surface area contributed by atoms with Crippen molar-refractivity contribution < 1.29 is 14.3 Å². The molecule has 2 aromatic carbocycles. The first-order valence-electron chi connectivity index (χ1n) is 10.8. The molecule has 1 aliphatic heterocycles. The second kappa shape index (κ2) is 9.68. The Bertz CT molecular complexity index is 1190. The van der Waals surface area contributed by atoms with Gasteiger partial charge in [-0.3, -0.25) is 19.0 Å². The molecule has 33 heavy (non-hydrogen) atoms. The van der Waals surface area contributed by atoms with Crippen LogP contribution in [0.5, 0.6) is 5.75 Å². The quantitative estimate of drug-likeness (QED) is 0.541. The van der Waals surface area contributed by atoms with Crippen LogP contribution >= 0.6 is 0 Å². The number of carbonyl (C=O) groups excluding carboxylic acids is 2. The molecule has 0 atom stereocenters. The van der Waals surface area contributed by atoms with Gasteiger partial charge in [0.15, 0.2) is 5.78 Å². The Labute approximate surface area is 192 Å². The molecule has 2 heterocycles. The van der Waals surface area contributed by atoms with Crippen LogP contribution in [0.4, 0.5) is 5.69 Å². The largest absolute Gasteiger partial charge is 0.497 e. The van der Waals surface area contributed by atoms with Crippen LogP contribution in [-0.4, -0.2) is 59.4 Å². The highest BCUT2D eigenvalue weighted by Gasteiger charge is 2.22. The highest BCUT2D eigenvalue weighted by Crippen LogP contribution is 2.20. The van der Waals surface area contributed by atoms with Gasteiger partial charge in [-0.25, -0.2) is 4.98 Å². The molecule has 1 aromatic heterocycles. The van der Waals surface area contributed by atoms with E-state index < -0.39 is 0 Å². The average molecular weight is 447 g/mol. The summed E-state index contributed by atoms with van der Waals surface area (Å²) in [5.41, 5.74) is 2.80. The van der Waals surface area contributed by atoms with Gasteiger partial charge in [0.2, 0.25) is 5.91 Å². The van der Waals surface area contributed by atoms with Crippen LogP contribution < -0.4 is 15.2 Å². The Morgan fingerprint density at radius 1 is 0.970 bits per heavy atom. The van der Waals surface area contributed by atoms with E-state index in [1.165, 1.54) is 17.0 Å². The van der Waals surface area contributed by atoms with Crippen molar-refractivity contribution in [2.45, 2.75) is 13.5 Å². The van der Waals surface area contributed by atoms with Crippen molar-refractivity contribution in [1.29, 1.82) is 0 Å². The van der Waals surface area contributed by atoms with Gasteiger partial charge >= 0.3 is 0 Å². The first kappa shape index (κ1) is 22.3. The molecule has 1 fully saturated rings. The first-order chi connectivity index (χ1) is 15.9. The van der Waals surface area contributed by atoms with E-state index in [0.717, 1.165) is 17.0 Å². The normalized spacial score (nSPS) is 13.6. The molecular weight excluding hydrogens is 420 g/mol. The number of aromatic nitrogens is 2. The Hall–Kier alpha value is -3.94. The summed E-state index contributed by atoms with van der Waals surface area (Å²) >= 11 is 0. The highest BCUT2D eigenvalue weighted by molar-refractivity contribution is 5.94. The highest BCUT2D eigenvalue weighted by atomic mass is 16.5. The molecule has 1 saturated heterocycles. The number of hydrogen-bond acceptors (Lipinski definition) is 6. The van der Waals surface area contributed by atoms with Gasteiger partial charge in [-0.1, -0.05) is 0 Å². The zero-order chi connectivity index (χ0) is 23.4. The van der Waals surface area contributed by atoms with Crippen LogP contribution in [-0.2, 0) is 11.3 Å². The predicted octanol–water partition coefficient (Wildman–Crippen LogP) is 2.47. The number of nitrogens with zero attached hydrogens (tertiary/aromatic N) is 4. The maximum absolute atomic E-state index is 12.8. The van der Waals surface area contributed by atoms with E-state index in [9.17, 15) is 14.4 Å². The molecule has 4 rings (SSSR count). The Balaban J connectivity index is 1.35. The van der Waals surface area contributed by atoms with E-state index in [4.69, 9.17) is 4.74 Å². The number of rotatable bonds is 6. The lowest BCUT2D eigenvalue weighted by Crippen LogP contribution is -2.50. The Morgan fingerprint density at radius 3 is 2.21 bits per heavy atom. The topological polar surface area (TPSA) is 84.7 Å². The van der Waals surface area contributed by atoms with E-state index in [1.807, 2.05) is 48.5 Å². The number of ether oxygens (including phenoxy) is 1. The molecule has 0 radical (unpaired) electrons. The van der Waals surface area contributed by atoms with Gasteiger partial charge in [-0.05, 0) is 55.5 Å². The predicted molar refractivity (Wildman–Crippen MR) is 126 cm³/mol. The fraction of sp³-hybridized carbons (Fsp3) is 0.280. The fourth-order valence-corrected chi connectivity index (χ4v) is 3.83. The van der Waals surface area contributed by atoms with Gasteiger partial charge in [0.25, 0.3) is 5.56 Å². The van der Waals surface area contributed by atoms with Crippen LogP contribution in [0.3, 0.4) is 0 Å². The number of piperazine rings is 1. The first-order valence-corrected chi connectivity index (χ1v) is 10.8. The number of benzene rings is 2. The summed E-state index contributed by atoms with van der Waals surface area (Å²) in [4.78, 5) is 45.1. The third-order valence-electron chi connectivity index (χ3n) is 5.84. The van der Waals surface area contributed by atoms with Crippen LogP contribution in [0.2, 0.25) is 0 Å². The summed E-state index contributed by atoms with van der Waals surface area (Å²) in [5.74, 6) is 0.660. The molecule has 0 unspecified atom stereocenters. The minimum atomic E-state index is -0.270. The van der Waals surface area contributed by atoms with Crippen LogP contribution in [0.25, 0.3) is 11.3 Å². The lowest BCUT2D eigenvalue weighted by atomic mass is 10.1. The van der Waals surface area contributed by atoms with Crippen molar-refractivity contribution in [3.05, 3.63) is 76.8 Å². The van der Waals surface area contributed by atoms with Gasteiger partial charge < -0.3 is 14.5 Å². The van der Waals surface area contributed by atoms with Crippen molar-refractivity contribution in [3.63, 3.8) is 0 Å². The summed E-state index contributed by atoms with van der Waals surface area (Å²) in [5, 5.41) is 0. The number of carbonyl (C=O) groups is 2. The number of anilines is 1. The number of ketones is 1. The monoisotopic (exact) mass is 446 g/mol. The second-order valence-corrected chi connectivity index (χ2v) is 7.94. The molecule has 170 valence electrons. The van der Waals surface area contributed by atoms with E-state index in [-0.39, 0.29) is 23.8 Å². The number of Topliss-reactive ketones (excluding diaryl/α,β-unsaturated/α-hetero) is 1. The SMILES string of the molecule is COc1ccc(-c2cc(=O)n(CC(=O)N3CCN(c4ccc(C(C)=O)cc4)CC3)cn2)cc1. The number of hydrogen-bond donors (Lipinski definition) is 0. The average Bonchev–Trinajstić information content (AvgIpc) is 2.85. The van der Waals surface area contributed by atoms with Crippen LogP contribution in [0.1, 0.15) is 17.3 Å². The van der Waals surface area contributed by atoms with E-state index in [0.29, 0.717) is 37.4 Å². The van der Waals surface area contributed by atoms with Crippen molar-refractivity contribution in [1.82, 2.24) is 14.5 Å². The summed E-state index contributed by atoms with van der Waals surface area (Å²) in [6.45, 7) is 4.02. The zero-order valence-electron chi connectivity index (χ0n) is 18.7. The number of methoxy groups -OCH3 is 1. The van der Waals surface area contributed by atoms with E-state index >= 15 is 0 Å². The van der Waals surface area contributed by atoms with E-state index in [2.05, 4.69) is 9.88 Å². The molecule has 0 spiro atoms. The zero-order valence-corrected chi connectivity index (χ0v) is 18.7. The Kier molecular flexibility index (Phi) is 6.53. The number of amides is 1. The van der Waals surface area contributed by atoms with Gasteiger partial charge in [0.05, 0.1) is 19.1 Å². The van der Waals surface area contributed by atoms with Gasteiger partial charge in [-0.15, -0.1) is 0 Å². The summed E-state index contributed by atoms with van der Waals surface area (Å²) in [6.07, 6.45) is 1.42. The Morgan fingerprint density at radius 2 is 1.64 bits per heavy atom. The molecular formula is C25H26N4O4. The standard InChI is InChI=1S/C25H26N4O4/c1-18(30)19-3-7-21(8-4-19)27-11-13-28(14-12-27)25(32)16-29-17-26-23(15-24(29)31)20-5-9-22(33-2)10-6-20/h3-10,15,17H,11-14,16H2,1-2H3. The molecule has 3 aromatic rings. The smallest absolute Gasteiger partial charge is 0.254 e. The molecule has 0 saturated carbocycles. The molecule has 1 aliphatic rings.